The van der Waals surface area contributed by atoms with Crippen molar-refractivity contribution in [2.24, 2.45) is 0 Å². The van der Waals surface area contributed by atoms with Gasteiger partial charge in [-0.2, -0.15) is 0 Å². The zero-order valence-corrected chi connectivity index (χ0v) is 31.9. The third-order valence-electron chi connectivity index (χ3n) is 11.9. The third-order valence-corrected chi connectivity index (χ3v) is 11.9. The number of nitrogens with zero attached hydrogens (tertiary/aromatic N) is 2. The summed E-state index contributed by atoms with van der Waals surface area (Å²) in [6.45, 7) is 0. The van der Waals surface area contributed by atoms with E-state index in [4.69, 9.17) is 14.4 Å². The Morgan fingerprint density at radius 1 is 0.305 bits per heavy atom. The molecule has 0 aliphatic carbocycles. The van der Waals surface area contributed by atoms with E-state index in [-0.39, 0.29) is 0 Å². The minimum atomic E-state index is 0.676. The SMILES string of the molecule is c1ccc(-c2nc(-c3ccc4cc(-c5ccc(-c6c7ccccc7cc7c6ccc6ccccc67)cc5)ccc4c3)cc(-c3cccc4c3oc3ccccc34)n2)cc1. The van der Waals surface area contributed by atoms with Gasteiger partial charge in [-0.05, 0) is 102 Å². The van der Waals surface area contributed by atoms with Gasteiger partial charge >= 0.3 is 0 Å². The van der Waals surface area contributed by atoms with Crippen LogP contribution in [-0.4, -0.2) is 9.97 Å². The lowest BCUT2D eigenvalue weighted by Gasteiger charge is -2.14. The van der Waals surface area contributed by atoms with Crippen molar-refractivity contribution in [2.45, 2.75) is 0 Å². The Morgan fingerprint density at radius 3 is 1.78 bits per heavy atom. The molecule has 0 aliphatic heterocycles. The molecule has 0 fully saturated rings. The maximum atomic E-state index is 6.45. The lowest BCUT2D eigenvalue weighted by Crippen LogP contribution is -1.96. The Balaban J connectivity index is 0.926. The van der Waals surface area contributed by atoms with Gasteiger partial charge in [0.05, 0.1) is 11.4 Å². The molecule has 12 rings (SSSR count). The molecular formula is C56H34N2O. The summed E-state index contributed by atoms with van der Waals surface area (Å²) in [6, 6.07) is 73.5. The maximum Gasteiger partial charge on any atom is 0.160 e. The first-order chi connectivity index (χ1) is 29.2. The normalized spacial score (nSPS) is 11.7. The Hall–Kier alpha value is -7.88. The van der Waals surface area contributed by atoms with Crippen LogP contribution in [-0.2, 0) is 0 Å². The van der Waals surface area contributed by atoms with Gasteiger partial charge in [0.2, 0.25) is 0 Å². The molecule has 59 heavy (non-hydrogen) atoms. The van der Waals surface area contributed by atoms with Gasteiger partial charge in [-0.1, -0.05) is 170 Å². The fourth-order valence-corrected chi connectivity index (χ4v) is 8.94. The average molecular weight is 751 g/mol. The van der Waals surface area contributed by atoms with Crippen molar-refractivity contribution in [3.8, 4) is 56.2 Å². The molecule has 0 N–H and O–H groups in total. The minimum Gasteiger partial charge on any atom is -0.455 e. The molecule has 3 heteroatoms. The highest BCUT2D eigenvalue weighted by molar-refractivity contribution is 6.20. The van der Waals surface area contributed by atoms with Gasteiger partial charge in [0.25, 0.3) is 0 Å². The largest absolute Gasteiger partial charge is 0.455 e. The van der Waals surface area contributed by atoms with Gasteiger partial charge in [0, 0.05) is 27.5 Å². The highest BCUT2D eigenvalue weighted by Gasteiger charge is 2.17. The quantitative estimate of drug-likeness (QED) is 0.130. The summed E-state index contributed by atoms with van der Waals surface area (Å²) in [5.41, 5.74) is 11.2. The van der Waals surface area contributed by atoms with Crippen molar-refractivity contribution < 1.29 is 4.42 Å². The monoisotopic (exact) mass is 750 g/mol. The summed E-state index contributed by atoms with van der Waals surface area (Å²) in [5, 5.41) is 12.1. The summed E-state index contributed by atoms with van der Waals surface area (Å²) in [4.78, 5) is 10.3. The summed E-state index contributed by atoms with van der Waals surface area (Å²) >= 11 is 0. The highest BCUT2D eigenvalue weighted by atomic mass is 16.3. The second-order valence-electron chi connectivity index (χ2n) is 15.3. The van der Waals surface area contributed by atoms with Gasteiger partial charge in [0.1, 0.15) is 11.2 Å². The molecule has 10 aromatic carbocycles. The van der Waals surface area contributed by atoms with Gasteiger partial charge in [-0.15, -0.1) is 0 Å². The molecule has 0 atom stereocenters. The van der Waals surface area contributed by atoms with E-state index in [0.29, 0.717) is 5.82 Å². The van der Waals surface area contributed by atoms with Crippen molar-refractivity contribution >= 4 is 65.0 Å². The van der Waals surface area contributed by atoms with Crippen molar-refractivity contribution in [1.82, 2.24) is 9.97 Å². The topological polar surface area (TPSA) is 38.9 Å². The summed E-state index contributed by atoms with van der Waals surface area (Å²) in [7, 11) is 0. The van der Waals surface area contributed by atoms with E-state index in [2.05, 4.69) is 176 Å². The molecule has 2 aromatic heterocycles. The first-order valence-electron chi connectivity index (χ1n) is 20.1. The van der Waals surface area contributed by atoms with Crippen LogP contribution in [0.3, 0.4) is 0 Å². The number of hydrogen-bond acceptors (Lipinski definition) is 3. The van der Waals surface area contributed by atoms with Gasteiger partial charge in [-0.25, -0.2) is 9.97 Å². The number of furan rings is 1. The smallest absolute Gasteiger partial charge is 0.160 e. The van der Waals surface area contributed by atoms with Crippen molar-refractivity contribution in [2.75, 3.05) is 0 Å². The van der Waals surface area contributed by atoms with Gasteiger partial charge < -0.3 is 4.42 Å². The number of para-hydroxylation sites is 2. The first-order valence-corrected chi connectivity index (χ1v) is 20.1. The van der Waals surface area contributed by atoms with Crippen LogP contribution in [0, 0.1) is 0 Å². The van der Waals surface area contributed by atoms with E-state index >= 15 is 0 Å². The standard InChI is InChI=1S/C56H34N2O/c1-2-12-38(13-3-1)56-57-51(34-52(58-56)49-19-10-18-48-46-17-8-9-20-53(46)59-55(48)49)43-28-27-40-31-39(25-26-41(40)32-43)35-21-23-37(24-22-35)54-45-16-7-5-14-42(45)33-50-44-15-6-4-11-36(44)29-30-47(50)54/h1-34H. The van der Waals surface area contributed by atoms with Crippen LogP contribution in [0.25, 0.3) is 121 Å². The molecular weight excluding hydrogens is 717 g/mol. The molecule has 0 bridgehead atoms. The lowest BCUT2D eigenvalue weighted by molar-refractivity contribution is 0.670. The number of fused-ring (bicyclic) bond motifs is 8. The van der Waals surface area contributed by atoms with Crippen molar-refractivity contribution in [3.05, 3.63) is 206 Å². The maximum absolute atomic E-state index is 6.45. The van der Waals surface area contributed by atoms with Gasteiger partial charge in [-0.3, -0.25) is 0 Å². The number of rotatable bonds is 5. The Morgan fingerprint density at radius 2 is 0.932 bits per heavy atom. The van der Waals surface area contributed by atoms with E-state index in [9.17, 15) is 0 Å². The average Bonchev–Trinajstić information content (AvgIpc) is 3.70. The van der Waals surface area contributed by atoms with Gasteiger partial charge in [0.15, 0.2) is 5.82 Å². The Labute approximate surface area is 340 Å². The van der Waals surface area contributed by atoms with E-state index in [1.807, 2.05) is 30.3 Å². The zero-order valence-electron chi connectivity index (χ0n) is 31.9. The summed E-state index contributed by atoms with van der Waals surface area (Å²) in [6.07, 6.45) is 0. The molecule has 0 saturated carbocycles. The molecule has 2 heterocycles. The lowest BCUT2D eigenvalue weighted by atomic mass is 9.89. The van der Waals surface area contributed by atoms with Crippen molar-refractivity contribution in [1.29, 1.82) is 0 Å². The Bertz CT molecular complexity index is 3600. The zero-order chi connectivity index (χ0) is 38.9. The second kappa shape index (κ2) is 13.4. The number of hydrogen-bond donors (Lipinski definition) is 0. The van der Waals surface area contributed by atoms with Crippen LogP contribution in [0.2, 0.25) is 0 Å². The van der Waals surface area contributed by atoms with E-state index < -0.39 is 0 Å². The molecule has 3 nitrogen and oxygen atoms in total. The molecule has 12 aromatic rings. The first kappa shape index (κ1) is 33.3. The van der Waals surface area contributed by atoms with Crippen LogP contribution in [0.1, 0.15) is 0 Å². The molecule has 0 amide bonds. The second-order valence-corrected chi connectivity index (χ2v) is 15.3. The molecule has 0 unspecified atom stereocenters. The fourth-order valence-electron chi connectivity index (χ4n) is 8.94. The number of benzene rings is 10. The van der Waals surface area contributed by atoms with E-state index in [1.165, 1.54) is 60.0 Å². The highest BCUT2D eigenvalue weighted by Crippen LogP contribution is 2.41. The van der Waals surface area contributed by atoms with Crippen LogP contribution < -0.4 is 0 Å². The van der Waals surface area contributed by atoms with Crippen LogP contribution in [0.5, 0.6) is 0 Å². The minimum absolute atomic E-state index is 0.676. The molecule has 274 valence electrons. The van der Waals surface area contributed by atoms with E-state index in [1.54, 1.807) is 0 Å². The molecule has 0 radical (unpaired) electrons. The van der Waals surface area contributed by atoms with Crippen LogP contribution in [0.4, 0.5) is 0 Å². The van der Waals surface area contributed by atoms with Crippen LogP contribution in [0.15, 0.2) is 211 Å². The van der Waals surface area contributed by atoms with Crippen molar-refractivity contribution in [3.63, 3.8) is 0 Å². The van der Waals surface area contributed by atoms with Crippen LogP contribution >= 0.6 is 0 Å². The summed E-state index contributed by atoms with van der Waals surface area (Å²) in [5.74, 6) is 0.676. The number of aromatic nitrogens is 2. The Kier molecular flexibility index (Phi) is 7.54. The molecule has 0 aliphatic rings. The fraction of sp³-hybridized carbons (Fsp3) is 0. The van der Waals surface area contributed by atoms with E-state index in [0.717, 1.165) is 55.4 Å². The summed E-state index contributed by atoms with van der Waals surface area (Å²) < 4.78 is 6.45. The molecule has 0 spiro atoms. The third kappa shape index (κ3) is 5.59. The predicted octanol–water partition coefficient (Wildman–Crippen LogP) is 15.3. The molecule has 0 saturated heterocycles. The predicted molar refractivity (Wildman–Crippen MR) is 247 cm³/mol.